The van der Waals surface area contributed by atoms with Crippen molar-refractivity contribution >= 4 is 11.4 Å². The molecule has 0 unspecified atom stereocenters. The molecular weight excluding hydrogens is 214 g/mol. The quantitative estimate of drug-likeness (QED) is 0.575. The van der Waals surface area contributed by atoms with E-state index in [0.717, 1.165) is 6.07 Å². The average molecular weight is 218 g/mol. The molecule has 1 aromatic carbocycles. The van der Waals surface area contributed by atoms with Crippen LogP contribution in [0.3, 0.4) is 0 Å². The molecule has 0 bridgehead atoms. The predicted octanol–water partition coefficient (Wildman–Crippen LogP) is 2.44. The SMILES string of the molecule is O=[N+]([O-])c1ccc(C(F)F)c([N+](=O)[O-])c1. The van der Waals surface area contributed by atoms with Crippen LogP contribution in [-0.2, 0) is 0 Å². The number of nitro groups is 2. The summed E-state index contributed by atoms with van der Waals surface area (Å²) in [6.07, 6.45) is -3.04. The standard InChI is InChI=1S/C7H4F2N2O4/c8-7(9)5-2-1-4(10(12)13)3-6(5)11(14)15/h1-3,7H. The van der Waals surface area contributed by atoms with Crippen LogP contribution in [-0.4, -0.2) is 9.85 Å². The number of nitro benzene ring substituents is 2. The highest BCUT2D eigenvalue weighted by Gasteiger charge is 2.24. The Morgan fingerprint density at radius 3 is 2.13 bits per heavy atom. The van der Waals surface area contributed by atoms with Crippen molar-refractivity contribution in [2.75, 3.05) is 0 Å². The lowest BCUT2D eigenvalue weighted by atomic mass is 10.1. The van der Waals surface area contributed by atoms with Crippen molar-refractivity contribution in [1.29, 1.82) is 0 Å². The largest absolute Gasteiger partial charge is 0.285 e. The number of hydrogen-bond donors (Lipinski definition) is 0. The third kappa shape index (κ3) is 2.22. The number of alkyl halides is 2. The van der Waals surface area contributed by atoms with Gasteiger partial charge in [0, 0.05) is 6.07 Å². The van der Waals surface area contributed by atoms with E-state index in [-0.39, 0.29) is 0 Å². The lowest BCUT2D eigenvalue weighted by Crippen LogP contribution is -1.97. The number of non-ortho nitro benzene ring substituents is 1. The zero-order chi connectivity index (χ0) is 11.6. The van der Waals surface area contributed by atoms with Crippen molar-refractivity contribution in [3.8, 4) is 0 Å². The molecule has 0 saturated heterocycles. The fourth-order valence-corrected chi connectivity index (χ4v) is 0.988. The molecule has 0 aliphatic heterocycles. The summed E-state index contributed by atoms with van der Waals surface area (Å²) in [5.74, 6) is 0. The Labute approximate surface area is 81.4 Å². The number of halogens is 2. The summed E-state index contributed by atoms with van der Waals surface area (Å²) in [6, 6.07) is 2.00. The minimum Gasteiger partial charge on any atom is -0.258 e. The van der Waals surface area contributed by atoms with Crippen molar-refractivity contribution in [2.45, 2.75) is 6.43 Å². The van der Waals surface area contributed by atoms with Gasteiger partial charge in [0.2, 0.25) is 0 Å². The van der Waals surface area contributed by atoms with Gasteiger partial charge in [-0.1, -0.05) is 0 Å². The zero-order valence-electron chi connectivity index (χ0n) is 7.09. The van der Waals surface area contributed by atoms with Gasteiger partial charge in [0.05, 0.1) is 21.5 Å². The van der Waals surface area contributed by atoms with E-state index in [1.165, 1.54) is 0 Å². The summed E-state index contributed by atoms with van der Waals surface area (Å²) in [4.78, 5) is 18.6. The molecule has 0 aliphatic carbocycles. The van der Waals surface area contributed by atoms with Gasteiger partial charge < -0.3 is 0 Å². The predicted molar refractivity (Wildman–Crippen MR) is 44.7 cm³/mol. The minimum atomic E-state index is -3.04. The topological polar surface area (TPSA) is 86.3 Å². The maximum absolute atomic E-state index is 12.2. The first-order valence-corrected chi connectivity index (χ1v) is 3.64. The molecule has 0 amide bonds. The summed E-state index contributed by atoms with van der Waals surface area (Å²) in [5, 5.41) is 20.6. The third-order valence-corrected chi connectivity index (χ3v) is 1.66. The Kier molecular flexibility index (Phi) is 2.88. The van der Waals surface area contributed by atoms with Gasteiger partial charge in [-0.25, -0.2) is 8.78 Å². The van der Waals surface area contributed by atoms with Gasteiger partial charge in [-0.3, -0.25) is 20.2 Å². The molecular formula is C7H4F2N2O4. The summed E-state index contributed by atoms with van der Waals surface area (Å²) < 4.78 is 24.5. The number of hydrogen-bond acceptors (Lipinski definition) is 4. The Morgan fingerprint density at radius 2 is 1.73 bits per heavy atom. The fourth-order valence-electron chi connectivity index (χ4n) is 0.988. The normalized spacial score (nSPS) is 10.3. The van der Waals surface area contributed by atoms with Crippen LogP contribution in [0.5, 0.6) is 0 Å². The highest BCUT2D eigenvalue weighted by Crippen LogP contribution is 2.31. The number of rotatable bonds is 3. The monoisotopic (exact) mass is 218 g/mol. The summed E-state index contributed by atoms with van der Waals surface area (Å²) in [6.45, 7) is 0. The Bertz CT molecular complexity index is 421. The van der Waals surface area contributed by atoms with Crippen LogP contribution in [0.25, 0.3) is 0 Å². The van der Waals surface area contributed by atoms with Crippen molar-refractivity contribution < 1.29 is 18.6 Å². The first-order chi connectivity index (χ1) is 6.93. The van der Waals surface area contributed by atoms with Crippen molar-refractivity contribution in [2.24, 2.45) is 0 Å². The van der Waals surface area contributed by atoms with Gasteiger partial charge in [-0.15, -0.1) is 0 Å². The van der Waals surface area contributed by atoms with Crippen LogP contribution in [0.4, 0.5) is 20.2 Å². The molecule has 0 fully saturated rings. The third-order valence-electron chi connectivity index (χ3n) is 1.66. The molecule has 0 saturated carbocycles. The molecule has 0 aliphatic rings. The lowest BCUT2D eigenvalue weighted by molar-refractivity contribution is -0.395. The van der Waals surface area contributed by atoms with Gasteiger partial charge in [0.25, 0.3) is 17.8 Å². The molecule has 80 valence electrons. The second-order valence-corrected chi connectivity index (χ2v) is 2.56. The maximum atomic E-state index is 12.2. The number of benzene rings is 1. The highest BCUT2D eigenvalue weighted by atomic mass is 19.3. The molecule has 1 aromatic rings. The second kappa shape index (κ2) is 3.95. The van der Waals surface area contributed by atoms with Gasteiger partial charge in [0.1, 0.15) is 0 Å². The Balaban J connectivity index is 3.33. The van der Waals surface area contributed by atoms with Crippen LogP contribution in [0.15, 0.2) is 18.2 Å². The van der Waals surface area contributed by atoms with E-state index in [1.807, 2.05) is 0 Å². The van der Waals surface area contributed by atoms with E-state index in [2.05, 4.69) is 0 Å². The highest BCUT2D eigenvalue weighted by molar-refractivity contribution is 5.49. The van der Waals surface area contributed by atoms with Crippen LogP contribution in [0.1, 0.15) is 12.0 Å². The van der Waals surface area contributed by atoms with Gasteiger partial charge >= 0.3 is 0 Å². The van der Waals surface area contributed by atoms with Crippen LogP contribution < -0.4 is 0 Å². The van der Waals surface area contributed by atoms with Crippen molar-refractivity contribution in [1.82, 2.24) is 0 Å². The Morgan fingerprint density at radius 1 is 1.13 bits per heavy atom. The summed E-state index contributed by atoms with van der Waals surface area (Å²) >= 11 is 0. The van der Waals surface area contributed by atoms with Crippen LogP contribution >= 0.6 is 0 Å². The first kappa shape index (κ1) is 11.0. The van der Waals surface area contributed by atoms with Crippen molar-refractivity contribution in [3.05, 3.63) is 44.0 Å². The van der Waals surface area contributed by atoms with E-state index in [0.29, 0.717) is 12.1 Å². The Hall–Kier alpha value is -2.12. The van der Waals surface area contributed by atoms with E-state index >= 15 is 0 Å². The van der Waals surface area contributed by atoms with Crippen molar-refractivity contribution in [3.63, 3.8) is 0 Å². The second-order valence-electron chi connectivity index (χ2n) is 2.56. The molecule has 0 spiro atoms. The molecule has 0 aromatic heterocycles. The zero-order valence-corrected chi connectivity index (χ0v) is 7.09. The molecule has 0 N–H and O–H groups in total. The van der Waals surface area contributed by atoms with E-state index in [1.54, 1.807) is 0 Å². The van der Waals surface area contributed by atoms with Crippen LogP contribution in [0, 0.1) is 20.2 Å². The molecule has 6 nitrogen and oxygen atoms in total. The molecule has 0 radical (unpaired) electrons. The van der Waals surface area contributed by atoms with Gasteiger partial charge in [0.15, 0.2) is 0 Å². The summed E-state index contributed by atoms with van der Waals surface area (Å²) in [5.41, 5.74) is -2.36. The van der Waals surface area contributed by atoms with Gasteiger partial charge in [-0.2, -0.15) is 0 Å². The van der Waals surface area contributed by atoms with E-state index in [4.69, 9.17) is 0 Å². The molecule has 15 heavy (non-hydrogen) atoms. The van der Waals surface area contributed by atoms with E-state index in [9.17, 15) is 29.0 Å². The fraction of sp³-hybridized carbons (Fsp3) is 0.143. The molecule has 0 heterocycles. The average Bonchev–Trinajstić information content (AvgIpc) is 2.16. The lowest BCUT2D eigenvalue weighted by Gasteiger charge is -2.00. The first-order valence-electron chi connectivity index (χ1n) is 3.64. The minimum absolute atomic E-state index is 0.515. The van der Waals surface area contributed by atoms with Crippen LogP contribution in [0.2, 0.25) is 0 Å². The maximum Gasteiger partial charge on any atom is 0.285 e. The molecule has 1 rings (SSSR count). The molecule has 8 heteroatoms. The number of nitrogens with zero attached hydrogens (tertiary/aromatic N) is 2. The van der Waals surface area contributed by atoms with Gasteiger partial charge in [-0.05, 0) is 6.07 Å². The summed E-state index contributed by atoms with van der Waals surface area (Å²) in [7, 11) is 0. The molecule has 0 atom stereocenters. The smallest absolute Gasteiger partial charge is 0.258 e. The van der Waals surface area contributed by atoms with E-state index < -0.39 is 33.2 Å².